The Balaban J connectivity index is 2.40. The second-order valence-corrected chi connectivity index (χ2v) is 7.64. The van der Waals surface area contributed by atoms with Crippen LogP contribution in [0.25, 0.3) is 21.0 Å². The molecule has 0 aliphatic heterocycles. The molecule has 0 fully saturated rings. The zero-order chi connectivity index (χ0) is 20.1. The number of hydrogen-bond acceptors (Lipinski definition) is 6. The van der Waals surface area contributed by atoms with E-state index in [0.717, 1.165) is 0 Å². The molecular formula is C15H15F3N6OS2. The number of anilines is 1. The maximum atomic E-state index is 13.4. The molecule has 2 aromatic heterocycles. The van der Waals surface area contributed by atoms with Gasteiger partial charge in [-0.1, -0.05) is 16.5 Å². The van der Waals surface area contributed by atoms with E-state index in [9.17, 15) is 18.0 Å². The first-order valence-corrected chi connectivity index (χ1v) is 9.72. The third kappa shape index (κ3) is 5.12. The van der Waals surface area contributed by atoms with Gasteiger partial charge in [-0.05, 0) is 30.8 Å². The van der Waals surface area contributed by atoms with Crippen LogP contribution in [0.15, 0.2) is 29.6 Å². The number of thioether (sulfide) groups is 1. The van der Waals surface area contributed by atoms with Gasteiger partial charge in [0.2, 0.25) is 5.91 Å². The van der Waals surface area contributed by atoms with E-state index in [4.69, 9.17) is 5.53 Å². The van der Waals surface area contributed by atoms with E-state index in [-0.39, 0.29) is 17.3 Å². The second-order valence-electron chi connectivity index (χ2n) is 5.77. The van der Waals surface area contributed by atoms with Crippen molar-refractivity contribution in [1.82, 2.24) is 9.97 Å². The Kier molecular flexibility index (Phi) is 6.68. The fourth-order valence-electron chi connectivity index (χ4n) is 2.15. The first-order chi connectivity index (χ1) is 12.7. The molecule has 0 radical (unpaired) electrons. The molecule has 144 valence electrons. The summed E-state index contributed by atoms with van der Waals surface area (Å²) in [5.41, 5.74) is 6.59. The standard InChI is InChI=1S/C15H15F3N6OS2/c1-14(8-26-2,7-21-24-19)13(25)23-12-10(15(16,17)18)22-11(27-12)9-4-3-5-20-6-9/h3-6H,7-8H2,1-2H3,(H,23,25). The van der Waals surface area contributed by atoms with Gasteiger partial charge in [0.05, 0.1) is 5.41 Å². The number of hydrogen-bond donors (Lipinski definition) is 1. The Morgan fingerprint density at radius 3 is 2.78 bits per heavy atom. The molecule has 7 nitrogen and oxygen atoms in total. The zero-order valence-corrected chi connectivity index (χ0v) is 16.0. The van der Waals surface area contributed by atoms with Crippen molar-refractivity contribution in [2.45, 2.75) is 13.1 Å². The average Bonchev–Trinajstić information content (AvgIpc) is 3.05. The normalized spacial score (nSPS) is 13.5. The monoisotopic (exact) mass is 416 g/mol. The van der Waals surface area contributed by atoms with Crippen LogP contribution in [0.2, 0.25) is 0 Å². The SMILES string of the molecule is CSCC(C)(CN=[N+]=[N-])C(=O)Nc1sc(-c2cccnc2)nc1C(F)(F)F. The van der Waals surface area contributed by atoms with Gasteiger partial charge in [0, 0.05) is 35.2 Å². The van der Waals surface area contributed by atoms with Crippen LogP contribution >= 0.6 is 23.1 Å². The number of nitrogens with zero attached hydrogens (tertiary/aromatic N) is 5. The highest BCUT2D eigenvalue weighted by atomic mass is 32.2. The predicted octanol–water partition coefficient (Wildman–Crippen LogP) is 4.84. The van der Waals surface area contributed by atoms with Gasteiger partial charge in [-0.25, -0.2) is 4.98 Å². The van der Waals surface area contributed by atoms with E-state index in [1.54, 1.807) is 18.4 Å². The molecular weight excluding hydrogens is 401 g/mol. The van der Waals surface area contributed by atoms with Crippen molar-refractivity contribution in [3.8, 4) is 10.6 Å². The van der Waals surface area contributed by atoms with Crippen LogP contribution in [0.3, 0.4) is 0 Å². The van der Waals surface area contributed by atoms with E-state index in [1.807, 2.05) is 0 Å². The van der Waals surface area contributed by atoms with Crippen LogP contribution in [0.1, 0.15) is 12.6 Å². The van der Waals surface area contributed by atoms with Crippen molar-refractivity contribution in [3.63, 3.8) is 0 Å². The number of halogens is 3. The topological polar surface area (TPSA) is 104 Å². The lowest BCUT2D eigenvalue weighted by molar-refractivity contribution is -0.140. The van der Waals surface area contributed by atoms with Crippen molar-refractivity contribution in [2.75, 3.05) is 23.9 Å². The molecule has 1 atom stereocenters. The van der Waals surface area contributed by atoms with Gasteiger partial charge in [0.1, 0.15) is 10.0 Å². The highest BCUT2D eigenvalue weighted by Crippen LogP contribution is 2.41. The molecule has 2 rings (SSSR count). The molecule has 2 heterocycles. The number of carbonyl (C=O) groups is 1. The maximum Gasteiger partial charge on any atom is 0.436 e. The quantitative estimate of drug-likeness (QED) is 0.396. The third-order valence-corrected chi connectivity index (χ3v) is 5.47. The molecule has 0 aromatic carbocycles. The Morgan fingerprint density at radius 1 is 1.48 bits per heavy atom. The minimum Gasteiger partial charge on any atom is -0.315 e. The Hall–Kier alpha value is -2.30. The third-order valence-electron chi connectivity index (χ3n) is 3.53. The summed E-state index contributed by atoms with van der Waals surface area (Å²) in [6, 6.07) is 3.16. The lowest BCUT2D eigenvalue weighted by atomic mass is 9.92. The van der Waals surface area contributed by atoms with Gasteiger partial charge in [-0.2, -0.15) is 24.9 Å². The van der Waals surface area contributed by atoms with Crippen molar-refractivity contribution in [3.05, 3.63) is 40.7 Å². The smallest absolute Gasteiger partial charge is 0.315 e. The summed E-state index contributed by atoms with van der Waals surface area (Å²) in [4.78, 5) is 22.8. The Morgan fingerprint density at radius 2 is 2.22 bits per heavy atom. The van der Waals surface area contributed by atoms with Crippen LogP contribution in [0, 0.1) is 5.41 Å². The number of amides is 1. The molecule has 1 amide bonds. The van der Waals surface area contributed by atoms with E-state index in [2.05, 4.69) is 25.3 Å². The molecule has 2 aromatic rings. The molecule has 0 saturated carbocycles. The summed E-state index contributed by atoms with van der Waals surface area (Å²) >= 11 is 2.04. The number of carbonyl (C=O) groups excluding carboxylic acids is 1. The second kappa shape index (κ2) is 8.59. The molecule has 0 spiro atoms. The molecule has 1 N–H and O–H groups in total. The predicted molar refractivity (Wildman–Crippen MR) is 99.5 cm³/mol. The summed E-state index contributed by atoms with van der Waals surface area (Å²) in [6.45, 7) is 1.36. The van der Waals surface area contributed by atoms with Gasteiger partial charge < -0.3 is 5.32 Å². The average molecular weight is 416 g/mol. The first kappa shape index (κ1) is 21.0. The lowest BCUT2D eigenvalue weighted by Gasteiger charge is -2.25. The highest BCUT2D eigenvalue weighted by molar-refractivity contribution is 7.98. The minimum absolute atomic E-state index is 0.0901. The van der Waals surface area contributed by atoms with Crippen LogP contribution in [-0.4, -0.2) is 34.4 Å². The molecule has 0 saturated heterocycles. The fourth-order valence-corrected chi connectivity index (χ4v) is 3.98. The van der Waals surface area contributed by atoms with Gasteiger partial charge in [0.25, 0.3) is 0 Å². The Labute approximate surface area is 161 Å². The fraction of sp³-hybridized carbons (Fsp3) is 0.400. The summed E-state index contributed by atoms with van der Waals surface area (Å²) in [7, 11) is 0. The summed E-state index contributed by atoms with van der Waals surface area (Å²) < 4.78 is 40.1. The number of alkyl halides is 3. The number of pyridine rings is 1. The van der Waals surface area contributed by atoms with Crippen LogP contribution in [-0.2, 0) is 11.0 Å². The largest absolute Gasteiger partial charge is 0.436 e. The van der Waals surface area contributed by atoms with Gasteiger partial charge in [-0.3, -0.25) is 9.78 Å². The van der Waals surface area contributed by atoms with Crippen LogP contribution < -0.4 is 5.32 Å². The van der Waals surface area contributed by atoms with E-state index in [0.29, 0.717) is 16.9 Å². The molecule has 0 aliphatic rings. The Bertz CT molecular complexity index is 851. The number of azide groups is 1. The summed E-state index contributed by atoms with van der Waals surface area (Å²) in [6.07, 6.45) is -0.103. The molecule has 0 bridgehead atoms. The molecule has 12 heteroatoms. The summed E-state index contributed by atoms with van der Waals surface area (Å²) in [5, 5.41) is 5.42. The molecule has 27 heavy (non-hydrogen) atoms. The number of thiazole rings is 1. The van der Waals surface area contributed by atoms with Crippen molar-refractivity contribution < 1.29 is 18.0 Å². The molecule has 0 aliphatic carbocycles. The van der Waals surface area contributed by atoms with Crippen molar-refractivity contribution in [2.24, 2.45) is 10.5 Å². The lowest BCUT2D eigenvalue weighted by Crippen LogP contribution is -2.38. The maximum absolute atomic E-state index is 13.4. The summed E-state index contributed by atoms with van der Waals surface area (Å²) in [5.74, 6) is -0.399. The van der Waals surface area contributed by atoms with E-state index < -0.39 is 28.2 Å². The van der Waals surface area contributed by atoms with Crippen molar-refractivity contribution in [1.29, 1.82) is 0 Å². The minimum atomic E-state index is -4.74. The van der Waals surface area contributed by atoms with Crippen LogP contribution in [0.5, 0.6) is 0 Å². The van der Waals surface area contributed by atoms with Gasteiger partial charge in [-0.15, -0.1) is 0 Å². The number of nitrogens with one attached hydrogen (secondary N) is 1. The van der Waals surface area contributed by atoms with Crippen LogP contribution in [0.4, 0.5) is 18.2 Å². The first-order valence-electron chi connectivity index (χ1n) is 7.51. The van der Waals surface area contributed by atoms with Gasteiger partial charge >= 0.3 is 6.18 Å². The zero-order valence-electron chi connectivity index (χ0n) is 14.3. The number of rotatable bonds is 7. The number of aromatic nitrogens is 2. The molecule has 1 unspecified atom stereocenters. The highest BCUT2D eigenvalue weighted by Gasteiger charge is 2.40. The van der Waals surface area contributed by atoms with E-state index >= 15 is 0 Å². The van der Waals surface area contributed by atoms with E-state index in [1.165, 1.54) is 31.1 Å². The van der Waals surface area contributed by atoms with Gasteiger partial charge in [0.15, 0.2) is 5.69 Å². The van der Waals surface area contributed by atoms with Crippen molar-refractivity contribution >= 4 is 34.0 Å².